The number of nitrogen functional groups attached to an aromatic ring is 1. The van der Waals surface area contributed by atoms with E-state index < -0.39 is 0 Å². The molecule has 1 aromatic heterocycles. The van der Waals surface area contributed by atoms with Crippen LogP contribution in [-0.2, 0) is 12.8 Å². The number of aromatic nitrogens is 1. The molecule has 0 aliphatic carbocycles. The van der Waals surface area contributed by atoms with Crippen LogP contribution < -0.4 is 5.73 Å². The molecular formula is C14H17BrN2S. The number of hydrogen-bond acceptors (Lipinski definition) is 3. The standard InChI is InChI=1S/C14H17BrN2S/c1-3-4-12-13(18-14(16)17-12)8-10-7-11(15)6-5-9(10)2/h5-7H,3-4,8H2,1-2H3,(H2,16,17). The quantitative estimate of drug-likeness (QED) is 0.908. The molecule has 0 bridgehead atoms. The van der Waals surface area contributed by atoms with E-state index in [1.165, 1.54) is 21.7 Å². The largest absolute Gasteiger partial charge is 0.375 e. The Balaban J connectivity index is 2.30. The zero-order chi connectivity index (χ0) is 13.1. The van der Waals surface area contributed by atoms with Gasteiger partial charge in [-0.05, 0) is 36.6 Å². The highest BCUT2D eigenvalue weighted by atomic mass is 79.9. The number of aryl methyl sites for hydroxylation is 2. The Morgan fingerprint density at radius 2 is 2.17 bits per heavy atom. The first-order valence-corrected chi connectivity index (χ1v) is 7.70. The molecule has 0 aliphatic heterocycles. The molecule has 2 N–H and O–H groups in total. The highest BCUT2D eigenvalue weighted by Crippen LogP contribution is 2.27. The summed E-state index contributed by atoms with van der Waals surface area (Å²) < 4.78 is 1.12. The van der Waals surface area contributed by atoms with Gasteiger partial charge in [-0.3, -0.25) is 0 Å². The fourth-order valence-electron chi connectivity index (χ4n) is 1.98. The first-order chi connectivity index (χ1) is 8.60. The number of nitrogens with two attached hydrogens (primary N) is 1. The lowest BCUT2D eigenvalue weighted by molar-refractivity contribution is 0.879. The van der Waals surface area contributed by atoms with Gasteiger partial charge in [0.05, 0.1) is 5.69 Å². The van der Waals surface area contributed by atoms with Gasteiger partial charge in [-0.2, -0.15) is 0 Å². The van der Waals surface area contributed by atoms with Crippen LogP contribution in [0.1, 0.15) is 35.0 Å². The van der Waals surface area contributed by atoms with E-state index >= 15 is 0 Å². The molecular weight excluding hydrogens is 308 g/mol. The van der Waals surface area contributed by atoms with E-state index in [2.05, 4.69) is 53.0 Å². The second-order valence-electron chi connectivity index (χ2n) is 4.42. The molecule has 0 saturated heterocycles. The van der Waals surface area contributed by atoms with E-state index in [0.717, 1.165) is 23.7 Å². The molecule has 1 heterocycles. The van der Waals surface area contributed by atoms with Gasteiger partial charge in [-0.1, -0.05) is 35.3 Å². The predicted octanol–water partition coefficient (Wildman–Crippen LogP) is 4.34. The minimum absolute atomic E-state index is 0.682. The zero-order valence-corrected chi connectivity index (χ0v) is 13.1. The number of hydrogen-bond donors (Lipinski definition) is 1. The summed E-state index contributed by atoms with van der Waals surface area (Å²) in [7, 11) is 0. The summed E-state index contributed by atoms with van der Waals surface area (Å²) in [5, 5.41) is 0.682. The Morgan fingerprint density at radius 3 is 2.89 bits per heavy atom. The first kappa shape index (κ1) is 13.6. The summed E-state index contributed by atoms with van der Waals surface area (Å²) in [6, 6.07) is 6.40. The van der Waals surface area contributed by atoms with Crippen LogP contribution in [0.2, 0.25) is 0 Å². The summed E-state index contributed by atoms with van der Waals surface area (Å²) in [5.41, 5.74) is 9.65. The Labute approximate surface area is 120 Å². The molecule has 0 spiro atoms. The Bertz CT molecular complexity index is 549. The third-order valence-corrected chi connectivity index (χ3v) is 4.36. The molecule has 18 heavy (non-hydrogen) atoms. The van der Waals surface area contributed by atoms with Gasteiger partial charge >= 0.3 is 0 Å². The molecule has 2 nitrogen and oxygen atoms in total. The molecule has 0 aliphatic rings. The van der Waals surface area contributed by atoms with Crippen molar-refractivity contribution in [1.82, 2.24) is 4.98 Å². The summed E-state index contributed by atoms with van der Waals surface area (Å²) in [4.78, 5) is 5.73. The number of rotatable bonds is 4. The number of thiazole rings is 1. The maximum atomic E-state index is 5.83. The van der Waals surface area contributed by atoms with Crippen molar-refractivity contribution in [1.29, 1.82) is 0 Å². The van der Waals surface area contributed by atoms with E-state index in [4.69, 9.17) is 5.73 Å². The molecule has 0 radical (unpaired) electrons. The fraction of sp³-hybridized carbons (Fsp3) is 0.357. The molecule has 96 valence electrons. The Morgan fingerprint density at radius 1 is 1.39 bits per heavy atom. The molecule has 4 heteroatoms. The number of anilines is 1. The van der Waals surface area contributed by atoms with Crippen LogP contribution in [0.5, 0.6) is 0 Å². The second kappa shape index (κ2) is 5.85. The van der Waals surface area contributed by atoms with Crippen LogP contribution in [0.25, 0.3) is 0 Å². The monoisotopic (exact) mass is 324 g/mol. The Hall–Kier alpha value is -0.870. The first-order valence-electron chi connectivity index (χ1n) is 6.09. The molecule has 0 amide bonds. The molecule has 0 fully saturated rings. The van der Waals surface area contributed by atoms with Gasteiger partial charge in [0.25, 0.3) is 0 Å². The zero-order valence-electron chi connectivity index (χ0n) is 10.7. The van der Waals surface area contributed by atoms with E-state index in [9.17, 15) is 0 Å². The molecule has 1 aromatic carbocycles. The average Bonchev–Trinajstić information content (AvgIpc) is 2.65. The Kier molecular flexibility index (Phi) is 4.40. The van der Waals surface area contributed by atoms with Crippen LogP contribution in [0.3, 0.4) is 0 Å². The molecule has 0 saturated carbocycles. The van der Waals surface area contributed by atoms with Gasteiger partial charge in [-0.25, -0.2) is 4.98 Å². The van der Waals surface area contributed by atoms with Crippen molar-refractivity contribution in [3.63, 3.8) is 0 Å². The van der Waals surface area contributed by atoms with Crippen molar-refractivity contribution < 1.29 is 0 Å². The highest BCUT2D eigenvalue weighted by Gasteiger charge is 2.11. The maximum Gasteiger partial charge on any atom is 0.180 e. The topological polar surface area (TPSA) is 38.9 Å². The van der Waals surface area contributed by atoms with Crippen LogP contribution in [0.15, 0.2) is 22.7 Å². The summed E-state index contributed by atoms with van der Waals surface area (Å²) in [6.07, 6.45) is 3.04. The minimum Gasteiger partial charge on any atom is -0.375 e. The van der Waals surface area contributed by atoms with Gasteiger partial charge < -0.3 is 5.73 Å². The average molecular weight is 325 g/mol. The van der Waals surface area contributed by atoms with E-state index in [0.29, 0.717) is 5.13 Å². The lowest BCUT2D eigenvalue weighted by Crippen LogP contribution is -1.95. The molecule has 0 unspecified atom stereocenters. The number of halogens is 1. The van der Waals surface area contributed by atoms with Crippen molar-refractivity contribution in [3.05, 3.63) is 44.4 Å². The lowest BCUT2D eigenvalue weighted by Gasteiger charge is -2.06. The smallest absolute Gasteiger partial charge is 0.180 e. The minimum atomic E-state index is 0.682. The molecule has 2 aromatic rings. The van der Waals surface area contributed by atoms with Crippen molar-refractivity contribution in [2.45, 2.75) is 33.1 Å². The number of nitrogens with zero attached hydrogens (tertiary/aromatic N) is 1. The second-order valence-corrected chi connectivity index (χ2v) is 6.45. The van der Waals surface area contributed by atoms with Gasteiger partial charge in [0.1, 0.15) is 0 Å². The predicted molar refractivity (Wildman–Crippen MR) is 82.2 cm³/mol. The van der Waals surface area contributed by atoms with Crippen LogP contribution >= 0.6 is 27.3 Å². The molecule has 2 rings (SSSR count). The number of benzene rings is 1. The van der Waals surface area contributed by atoms with E-state index in [1.54, 1.807) is 11.3 Å². The summed E-state index contributed by atoms with van der Waals surface area (Å²) in [6.45, 7) is 4.31. The van der Waals surface area contributed by atoms with Crippen LogP contribution in [-0.4, -0.2) is 4.98 Å². The maximum absolute atomic E-state index is 5.83. The van der Waals surface area contributed by atoms with Crippen molar-refractivity contribution >= 4 is 32.4 Å². The van der Waals surface area contributed by atoms with Crippen molar-refractivity contribution in [2.75, 3.05) is 5.73 Å². The van der Waals surface area contributed by atoms with E-state index in [-0.39, 0.29) is 0 Å². The summed E-state index contributed by atoms with van der Waals surface area (Å²) >= 11 is 5.14. The van der Waals surface area contributed by atoms with Crippen LogP contribution in [0, 0.1) is 6.92 Å². The fourth-order valence-corrected chi connectivity index (χ4v) is 3.29. The van der Waals surface area contributed by atoms with Gasteiger partial charge in [-0.15, -0.1) is 11.3 Å². The summed E-state index contributed by atoms with van der Waals surface area (Å²) in [5.74, 6) is 0. The van der Waals surface area contributed by atoms with Crippen LogP contribution in [0.4, 0.5) is 5.13 Å². The highest BCUT2D eigenvalue weighted by molar-refractivity contribution is 9.10. The van der Waals surface area contributed by atoms with Gasteiger partial charge in [0, 0.05) is 15.8 Å². The third kappa shape index (κ3) is 3.12. The van der Waals surface area contributed by atoms with E-state index in [1.807, 2.05) is 0 Å². The third-order valence-electron chi connectivity index (χ3n) is 2.94. The SMILES string of the molecule is CCCc1nc(N)sc1Cc1cc(Br)ccc1C. The van der Waals surface area contributed by atoms with Gasteiger partial charge in [0.15, 0.2) is 5.13 Å². The van der Waals surface area contributed by atoms with Crippen molar-refractivity contribution in [2.24, 2.45) is 0 Å². The molecule has 0 atom stereocenters. The van der Waals surface area contributed by atoms with Crippen molar-refractivity contribution in [3.8, 4) is 0 Å². The normalized spacial score (nSPS) is 10.8. The van der Waals surface area contributed by atoms with Gasteiger partial charge in [0.2, 0.25) is 0 Å². The lowest BCUT2D eigenvalue weighted by atomic mass is 10.0.